The van der Waals surface area contributed by atoms with Gasteiger partial charge < -0.3 is 15.0 Å². The molecule has 30 heavy (non-hydrogen) atoms. The lowest BCUT2D eigenvalue weighted by Gasteiger charge is -2.31. The van der Waals surface area contributed by atoms with Gasteiger partial charge in [0.25, 0.3) is 5.91 Å². The van der Waals surface area contributed by atoms with Crippen molar-refractivity contribution in [2.24, 2.45) is 0 Å². The Morgan fingerprint density at radius 3 is 2.50 bits per heavy atom. The number of thiophene rings is 1. The number of amides is 1. The number of nitrogens with one attached hydrogen (secondary N) is 1. The van der Waals surface area contributed by atoms with E-state index in [9.17, 15) is 13.2 Å². The Hall–Kier alpha value is -2.46. The number of anilines is 1. The Bertz CT molecular complexity index is 1150. The second-order valence-corrected chi connectivity index (χ2v) is 10.2. The van der Waals surface area contributed by atoms with Crippen molar-refractivity contribution in [3.05, 3.63) is 53.4 Å². The van der Waals surface area contributed by atoms with Crippen molar-refractivity contribution in [1.82, 2.24) is 9.21 Å². The zero-order chi connectivity index (χ0) is 21.3. The van der Waals surface area contributed by atoms with Crippen molar-refractivity contribution in [2.45, 2.75) is 4.90 Å². The van der Waals surface area contributed by atoms with E-state index in [4.69, 9.17) is 4.74 Å². The van der Waals surface area contributed by atoms with Gasteiger partial charge in [0.2, 0.25) is 10.0 Å². The molecule has 158 valence electrons. The highest BCUT2D eigenvalue weighted by Gasteiger charge is 2.28. The van der Waals surface area contributed by atoms with E-state index in [0.29, 0.717) is 42.5 Å². The van der Waals surface area contributed by atoms with Gasteiger partial charge in [0.05, 0.1) is 22.6 Å². The van der Waals surface area contributed by atoms with Gasteiger partial charge in [0, 0.05) is 30.9 Å². The maximum Gasteiger partial charge on any atom is 0.265 e. The number of hydrogen-bond donors (Lipinski definition) is 1. The number of likely N-dealkylation sites (N-methyl/N-ethyl adjacent to an activating group) is 1. The molecule has 1 aliphatic heterocycles. The molecule has 7 nitrogen and oxygen atoms in total. The molecular formula is C21H23N3O4S2. The van der Waals surface area contributed by atoms with Crippen LogP contribution in [0.4, 0.5) is 5.69 Å². The molecule has 9 heteroatoms. The zero-order valence-corrected chi connectivity index (χ0v) is 18.4. The summed E-state index contributed by atoms with van der Waals surface area (Å²) < 4.78 is 34.0. The van der Waals surface area contributed by atoms with Crippen molar-refractivity contribution in [2.75, 3.05) is 45.7 Å². The molecule has 1 saturated heterocycles. The van der Waals surface area contributed by atoms with E-state index < -0.39 is 10.0 Å². The molecule has 4 rings (SSSR count). The second-order valence-electron chi connectivity index (χ2n) is 7.17. The maximum atomic E-state index is 13.1. The zero-order valence-electron chi connectivity index (χ0n) is 16.8. The van der Waals surface area contributed by atoms with Crippen molar-refractivity contribution < 1.29 is 17.9 Å². The Morgan fingerprint density at radius 2 is 1.80 bits per heavy atom. The minimum Gasteiger partial charge on any atom is -0.495 e. The lowest BCUT2D eigenvalue weighted by atomic mass is 10.2. The van der Waals surface area contributed by atoms with Gasteiger partial charge in [0.15, 0.2) is 0 Å². The summed E-state index contributed by atoms with van der Waals surface area (Å²) in [4.78, 5) is 15.6. The molecular weight excluding hydrogens is 422 g/mol. The number of carbonyl (C=O) groups excluding carboxylic acids is 1. The molecule has 0 atom stereocenters. The lowest BCUT2D eigenvalue weighted by molar-refractivity contribution is 0.103. The standard InChI is InChI=1S/C21H23N3O4S2/c1-23-9-11-24(12-10-23)30(26,27)16-7-8-18(28-2)17(14-16)22-21(25)20-13-15-5-3-4-6-19(15)29-20/h3-8,13-14H,9-12H2,1-2H3,(H,22,25). The summed E-state index contributed by atoms with van der Waals surface area (Å²) in [5.74, 6) is 0.102. The fourth-order valence-corrected chi connectivity index (χ4v) is 5.81. The first-order chi connectivity index (χ1) is 14.4. The van der Waals surface area contributed by atoms with E-state index in [1.165, 1.54) is 34.9 Å². The number of sulfonamides is 1. The van der Waals surface area contributed by atoms with Crippen LogP contribution in [0.2, 0.25) is 0 Å². The van der Waals surface area contributed by atoms with Gasteiger partial charge in [-0.25, -0.2) is 8.42 Å². The highest BCUT2D eigenvalue weighted by atomic mass is 32.2. The van der Waals surface area contributed by atoms with Gasteiger partial charge >= 0.3 is 0 Å². The topological polar surface area (TPSA) is 79.0 Å². The summed E-state index contributed by atoms with van der Waals surface area (Å²) in [5, 5.41) is 3.81. The third kappa shape index (κ3) is 4.06. The lowest BCUT2D eigenvalue weighted by Crippen LogP contribution is -2.47. The quantitative estimate of drug-likeness (QED) is 0.653. The average Bonchev–Trinajstić information content (AvgIpc) is 3.18. The Kier molecular flexibility index (Phi) is 5.79. The predicted molar refractivity (Wildman–Crippen MR) is 119 cm³/mol. The Balaban J connectivity index is 1.62. The van der Waals surface area contributed by atoms with E-state index in [-0.39, 0.29) is 10.8 Å². The van der Waals surface area contributed by atoms with Gasteiger partial charge in [0.1, 0.15) is 5.75 Å². The summed E-state index contributed by atoms with van der Waals surface area (Å²) >= 11 is 1.39. The molecule has 1 aliphatic rings. The third-order valence-electron chi connectivity index (χ3n) is 5.17. The van der Waals surface area contributed by atoms with E-state index >= 15 is 0 Å². The molecule has 1 aromatic heterocycles. The number of nitrogens with zero attached hydrogens (tertiary/aromatic N) is 2. The monoisotopic (exact) mass is 445 g/mol. The van der Waals surface area contributed by atoms with Gasteiger partial charge in [-0.05, 0) is 42.8 Å². The highest BCUT2D eigenvalue weighted by molar-refractivity contribution is 7.89. The molecule has 0 saturated carbocycles. The number of methoxy groups -OCH3 is 1. The van der Waals surface area contributed by atoms with Gasteiger partial charge in [-0.3, -0.25) is 4.79 Å². The summed E-state index contributed by atoms with van der Waals surface area (Å²) in [6, 6.07) is 14.1. The van der Waals surface area contributed by atoms with Crippen LogP contribution in [0.3, 0.4) is 0 Å². The first-order valence-corrected chi connectivity index (χ1v) is 11.8. The summed E-state index contributed by atoms with van der Waals surface area (Å²) in [7, 11) is -0.195. The van der Waals surface area contributed by atoms with Crippen LogP contribution in [0.15, 0.2) is 53.4 Å². The average molecular weight is 446 g/mol. The normalized spacial score (nSPS) is 15.9. The van der Waals surface area contributed by atoms with Gasteiger partial charge in [-0.1, -0.05) is 18.2 Å². The van der Waals surface area contributed by atoms with Crippen LogP contribution < -0.4 is 10.1 Å². The van der Waals surface area contributed by atoms with E-state index in [0.717, 1.165) is 10.1 Å². The van der Waals surface area contributed by atoms with Gasteiger partial charge in [-0.2, -0.15) is 4.31 Å². The molecule has 0 spiro atoms. The number of rotatable bonds is 5. The molecule has 1 amide bonds. The van der Waals surface area contributed by atoms with E-state index in [2.05, 4.69) is 10.2 Å². The van der Waals surface area contributed by atoms with Crippen molar-refractivity contribution >= 4 is 43.0 Å². The van der Waals surface area contributed by atoms with Crippen LogP contribution in [-0.2, 0) is 10.0 Å². The number of piperazine rings is 1. The third-order valence-corrected chi connectivity index (χ3v) is 8.18. The Morgan fingerprint density at radius 1 is 1.07 bits per heavy atom. The van der Waals surface area contributed by atoms with Crippen LogP contribution in [0.25, 0.3) is 10.1 Å². The van der Waals surface area contributed by atoms with Crippen LogP contribution in [0.1, 0.15) is 9.67 Å². The number of fused-ring (bicyclic) bond motifs is 1. The molecule has 1 fully saturated rings. The highest BCUT2D eigenvalue weighted by Crippen LogP contribution is 2.31. The first-order valence-electron chi connectivity index (χ1n) is 9.55. The number of benzene rings is 2. The number of hydrogen-bond acceptors (Lipinski definition) is 6. The fraction of sp³-hybridized carbons (Fsp3) is 0.286. The number of ether oxygens (including phenoxy) is 1. The molecule has 2 aromatic carbocycles. The molecule has 2 heterocycles. The van der Waals surface area contributed by atoms with Gasteiger partial charge in [-0.15, -0.1) is 11.3 Å². The van der Waals surface area contributed by atoms with Crippen LogP contribution in [-0.4, -0.2) is 63.9 Å². The molecule has 0 aliphatic carbocycles. The smallest absolute Gasteiger partial charge is 0.265 e. The summed E-state index contributed by atoms with van der Waals surface area (Å²) in [5.41, 5.74) is 0.329. The van der Waals surface area contributed by atoms with E-state index in [1.54, 1.807) is 6.07 Å². The largest absolute Gasteiger partial charge is 0.495 e. The molecule has 3 aromatic rings. The maximum absolute atomic E-state index is 13.1. The molecule has 0 unspecified atom stereocenters. The van der Waals surface area contributed by atoms with Crippen molar-refractivity contribution in [1.29, 1.82) is 0 Å². The van der Waals surface area contributed by atoms with E-state index in [1.807, 2.05) is 37.4 Å². The summed E-state index contributed by atoms with van der Waals surface area (Å²) in [6.45, 7) is 2.25. The predicted octanol–water partition coefficient (Wildman–Crippen LogP) is 3.10. The van der Waals surface area contributed by atoms with Crippen LogP contribution in [0, 0.1) is 0 Å². The fourth-order valence-electron chi connectivity index (χ4n) is 3.40. The second kappa shape index (κ2) is 8.35. The number of carbonyl (C=O) groups is 1. The minimum absolute atomic E-state index is 0.138. The minimum atomic E-state index is -3.65. The SMILES string of the molecule is COc1ccc(S(=O)(=O)N2CCN(C)CC2)cc1NC(=O)c1cc2ccccc2s1. The Labute approximate surface area is 179 Å². The van der Waals surface area contributed by atoms with Crippen LogP contribution in [0.5, 0.6) is 5.75 Å². The molecule has 0 radical (unpaired) electrons. The van der Waals surface area contributed by atoms with Crippen molar-refractivity contribution in [3.63, 3.8) is 0 Å². The van der Waals surface area contributed by atoms with Crippen molar-refractivity contribution in [3.8, 4) is 5.75 Å². The first kappa shape index (κ1) is 20.8. The van der Waals surface area contributed by atoms with Crippen LogP contribution >= 0.6 is 11.3 Å². The molecule has 0 bridgehead atoms. The molecule has 1 N–H and O–H groups in total. The summed E-state index contributed by atoms with van der Waals surface area (Å²) in [6.07, 6.45) is 0.